The fourth-order valence-electron chi connectivity index (χ4n) is 2.37. The summed E-state index contributed by atoms with van der Waals surface area (Å²) in [6.45, 7) is 0.0371. The van der Waals surface area contributed by atoms with Crippen molar-refractivity contribution in [3.63, 3.8) is 0 Å². The van der Waals surface area contributed by atoms with E-state index in [4.69, 9.17) is 0 Å². The third kappa shape index (κ3) is 6.16. The van der Waals surface area contributed by atoms with E-state index in [9.17, 15) is 21.6 Å². The molecule has 0 spiro atoms. The maximum Gasteiger partial charge on any atom is 0.240 e. The molecular formula is C18H22N2O5S2. The van der Waals surface area contributed by atoms with Crippen LogP contribution in [0, 0.1) is 0 Å². The van der Waals surface area contributed by atoms with Gasteiger partial charge >= 0.3 is 0 Å². The molecule has 9 heteroatoms. The molecule has 146 valence electrons. The number of sulfone groups is 1. The molecule has 0 aliphatic carbocycles. The van der Waals surface area contributed by atoms with Crippen molar-refractivity contribution >= 4 is 25.8 Å². The first-order valence-electron chi connectivity index (χ1n) is 8.31. The van der Waals surface area contributed by atoms with Gasteiger partial charge in [-0.15, -0.1) is 0 Å². The van der Waals surface area contributed by atoms with Gasteiger partial charge in [0.1, 0.15) is 0 Å². The minimum atomic E-state index is -3.48. The van der Waals surface area contributed by atoms with E-state index in [0.717, 1.165) is 5.56 Å². The maximum absolute atomic E-state index is 12.1. The Labute approximate surface area is 159 Å². The molecule has 0 saturated heterocycles. The molecule has 0 aromatic heterocycles. The average molecular weight is 411 g/mol. The van der Waals surface area contributed by atoms with Gasteiger partial charge < -0.3 is 5.32 Å². The lowest BCUT2D eigenvalue weighted by Crippen LogP contribution is -2.29. The number of hydrogen-bond acceptors (Lipinski definition) is 5. The van der Waals surface area contributed by atoms with E-state index in [1.165, 1.54) is 31.3 Å². The fourth-order valence-corrected chi connectivity index (χ4v) is 4.28. The summed E-state index contributed by atoms with van der Waals surface area (Å²) in [5.41, 5.74) is 0.817. The van der Waals surface area contributed by atoms with Gasteiger partial charge in [-0.3, -0.25) is 4.79 Å². The number of aryl methyl sites for hydroxylation is 1. The molecule has 0 saturated carbocycles. The van der Waals surface area contributed by atoms with Crippen molar-refractivity contribution < 1.29 is 21.6 Å². The second-order valence-corrected chi connectivity index (χ2v) is 9.83. The van der Waals surface area contributed by atoms with Gasteiger partial charge in [-0.25, -0.2) is 21.6 Å². The Morgan fingerprint density at radius 2 is 1.52 bits per heavy atom. The van der Waals surface area contributed by atoms with Gasteiger partial charge in [0.15, 0.2) is 9.84 Å². The summed E-state index contributed by atoms with van der Waals surface area (Å²) < 4.78 is 49.8. The second kappa shape index (κ2) is 9.12. The van der Waals surface area contributed by atoms with Crippen LogP contribution in [0.3, 0.4) is 0 Å². The normalized spacial score (nSPS) is 11.9. The zero-order chi connectivity index (χ0) is 19.9. The van der Waals surface area contributed by atoms with E-state index in [2.05, 4.69) is 10.0 Å². The number of hydrogen-bond donors (Lipinski definition) is 2. The van der Waals surface area contributed by atoms with Gasteiger partial charge in [-0.05, 0) is 43.3 Å². The number of sulfonamides is 1. The van der Waals surface area contributed by atoms with Crippen LogP contribution in [-0.4, -0.2) is 42.1 Å². The highest BCUT2D eigenvalue weighted by Crippen LogP contribution is 2.12. The van der Waals surface area contributed by atoms with Crippen molar-refractivity contribution in [2.75, 3.05) is 19.3 Å². The Kier molecular flexibility index (Phi) is 7.11. The van der Waals surface area contributed by atoms with E-state index in [0.29, 0.717) is 6.42 Å². The summed E-state index contributed by atoms with van der Waals surface area (Å²) in [5, 5.41) is 2.60. The van der Waals surface area contributed by atoms with Gasteiger partial charge in [-0.2, -0.15) is 0 Å². The highest BCUT2D eigenvalue weighted by Gasteiger charge is 2.14. The molecule has 2 N–H and O–H groups in total. The predicted molar refractivity (Wildman–Crippen MR) is 103 cm³/mol. The first-order valence-corrected chi connectivity index (χ1v) is 11.4. The van der Waals surface area contributed by atoms with Crippen LogP contribution in [0.15, 0.2) is 64.4 Å². The first kappa shape index (κ1) is 21.1. The second-order valence-electron chi connectivity index (χ2n) is 5.83. The Balaban J connectivity index is 1.80. The van der Waals surface area contributed by atoms with Crippen molar-refractivity contribution in [1.82, 2.24) is 10.0 Å². The maximum atomic E-state index is 12.1. The molecule has 27 heavy (non-hydrogen) atoms. The summed E-state index contributed by atoms with van der Waals surface area (Å²) >= 11 is 0. The summed E-state index contributed by atoms with van der Waals surface area (Å²) in [6.07, 6.45) is 0.612. The molecular weight excluding hydrogens is 388 g/mol. The zero-order valence-corrected chi connectivity index (χ0v) is 16.5. The highest BCUT2D eigenvalue weighted by molar-refractivity contribution is 7.91. The van der Waals surface area contributed by atoms with Crippen molar-refractivity contribution in [2.45, 2.75) is 22.6 Å². The van der Waals surface area contributed by atoms with Crippen LogP contribution in [0.2, 0.25) is 0 Å². The van der Waals surface area contributed by atoms with E-state index in [1.807, 2.05) is 0 Å². The molecule has 0 fully saturated rings. The number of benzene rings is 2. The molecule has 0 radical (unpaired) electrons. The van der Waals surface area contributed by atoms with Gasteiger partial charge in [0.2, 0.25) is 15.9 Å². The molecule has 2 aromatic carbocycles. The van der Waals surface area contributed by atoms with E-state index in [1.54, 1.807) is 30.3 Å². The van der Waals surface area contributed by atoms with Crippen LogP contribution in [0.4, 0.5) is 0 Å². The summed E-state index contributed by atoms with van der Waals surface area (Å²) in [5.74, 6) is -0.426. The summed E-state index contributed by atoms with van der Waals surface area (Å²) in [4.78, 5) is 12.3. The van der Waals surface area contributed by atoms with Gasteiger partial charge in [-0.1, -0.05) is 30.3 Å². The number of carbonyl (C=O) groups excluding carboxylic acids is 1. The smallest absolute Gasteiger partial charge is 0.240 e. The van der Waals surface area contributed by atoms with Crippen LogP contribution >= 0.6 is 0 Å². The van der Waals surface area contributed by atoms with E-state index < -0.39 is 19.9 Å². The Hall–Kier alpha value is -2.23. The summed E-state index contributed by atoms with van der Waals surface area (Å²) in [7, 11) is -5.56. The minimum Gasteiger partial charge on any atom is -0.355 e. The standard InChI is InChI=1S/C18H22N2O5S2/c1-19-27(24,25)17-10-7-15(8-11-17)9-12-18(21)20-13-14-26(22,23)16-5-3-2-4-6-16/h2-8,10-11,19H,9,12-14H2,1H3,(H,20,21). The lowest BCUT2D eigenvalue weighted by molar-refractivity contribution is -0.120. The average Bonchev–Trinajstić information content (AvgIpc) is 2.67. The van der Waals surface area contributed by atoms with Crippen molar-refractivity contribution in [3.05, 3.63) is 60.2 Å². The minimum absolute atomic E-state index is 0.0371. The molecule has 0 aliphatic heterocycles. The van der Waals surface area contributed by atoms with Crippen molar-refractivity contribution in [3.8, 4) is 0 Å². The van der Waals surface area contributed by atoms with E-state index >= 15 is 0 Å². The number of amides is 1. The monoisotopic (exact) mass is 410 g/mol. The predicted octanol–water partition coefficient (Wildman–Crippen LogP) is 1.12. The molecule has 2 aromatic rings. The number of rotatable bonds is 9. The zero-order valence-electron chi connectivity index (χ0n) is 14.9. The summed E-state index contributed by atoms with van der Waals surface area (Å²) in [6, 6.07) is 14.3. The number of nitrogens with one attached hydrogen (secondary N) is 2. The fraction of sp³-hybridized carbons (Fsp3) is 0.278. The third-order valence-electron chi connectivity index (χ3n) is 3.94. The molecule has 0 unspecified atom stereocenters. The van der Waals surface area contributed by atoms with Crippen molar-refractivity contribution in [2.24, 2.45) is 0 Å². The Morgan fingerprint density at radius 1 is 0.889 bits per heavy atom. The Bertz CT molecular complexity index is 970. The molecule has 1 amide bonds. The van der Waals surface area contributed by atoms with Gasteiger partial charge in [0, 0.05) is 13.0 Å². The lowest BCUT2D eigenvalue weighted by atomic mass is 10.1. The van der Waals surface area contributed by atoms with Crippen LogP contribution in [0.25, 0.3) is 0 Å². The van der Waals surface area contributed by atoms with Gasteiger partial charge in [0.05, 0.1) is 15.5 Å². The molecule has 0 atom stereocenters. The molecule has 0 bridgehead atoms. The van der Waals surface area contributed by atoms with Crippen LogP contribution in [-0.2, 0) is 31.1 Å². The molecule has 0 aliphatic rings. The largest absolute Gasteiger partial charge is 0.355 e. The topological polar surface area (TPSA) is 109 Å². The molecule has 0 heterocycles. The third-order valence-corrected chi connectivity index (χ3v) is 7.10. The van der Waals surface area contributed by atoms with Crippen molar-refractivity contribution in [1.29, 1.82) is 0 Å². The van der Waals surface area contributed by atoms with Crippen LogP contribution < -0.4 is 10.0 Å². The first-order chi connectivity index (χ1) is 12.7. The van der Waals surface area contributed by atoms with Crippen LogP contribution in [0.1, 0.15) is 12.0 Å². The lowest BCUT2D eigenvalue weighted by Gasteiger charge is -2.07. The van der Waals surface area contributed by atoms with Crippen LogP contribution in [0.5, 0.6) is 0 Å². The van der Waals surface area contributed by atoms with E-state index in [-0.39, 0.29) is 34.4 Å². The quantitative estimate of drug-likeness (QED) is 0.644. The van der Waals surface area contributed by atoms with Gasteiger partial charge in [0.25, 0.3) is 0 Å². The number of carbonyl (C=O) groups is 1. The SMILES string of the molecule is CNS(=O)(=O)c1ccc(CCC(=O)NCCS(=O)(=O)c2ccccc2)cc1. The Morgan fingerprint density at radius 3 is 2.11 bits per heavy atom. The molecule has 2 rings (SSSR count). The highest BCUT2D eigenvalue weighted by atomic mass is 32.2. The molecule has 7 nitrogen and oxygen atoms in total.